The Labute approximate surface area is 82.2 Å². The predicted octanol–water partition coefficient (Wildman–Crippen LogP) is 2.24. The molecule has 0 fully saturated rings. The molecule has 1 aromatic heterocycles. The van der Waals surface area contributed by atoms with Crippen molar-refractivity contribution < 1.29 is 0 Å². The number of imidazole rings is 1. The zero-order chi connectivity index (χ0) is 9.47. The van der Waals surface area contributed by atoms with Crippen molar-refractivity contribution in [2.75, 3.05) is 5.75 Å². The third kappa shape index (κ3) is 1.63. The van der Waals surface area contributed by atoms with Gasteiger partial charge in [0.25, 0.3) is 0 Å². The maximum Gasteiger partial charge on any atom is 0.189 e. The predicted molar refractivity (Wildman–Crippen MR) is 55.2 cm³/mol. The van der Waals surface area contributed by atoms with Crippen LogP contribution in [0.15, 0.2) is 22.7 Å². The third-order valence-corrected chi connectivity index (χ3v) is 2.99. The second-order valence-corrected chi connectivity index (χ2v) is 5.08. The van der Waals surface area contributed by atoms with Gasteiger partial charge >= 0.3 is 0 Å². The molecular formula is C9H13N3S. The van der Waals surface area contributed by atoms with Crippen molar-refractivity contribution in [1.29, 1.82) is 0 Å². The molecule has 0 bridgehead atoms. The first-order valence-corrected chi connectivity index (χ1v) is 5.30. The number of hydrogen-bond donors (Lipinski definition) is 0. The molecule has 0 saturated carbocycles. The zero-order valence-electron chi connectivity index (χ0n) is 8.11. The van der Waals surface area contributed by atoms with Gasteiger partial charge in [0.05, 0.1) is 5.71 Å². The molecule has 0 unspecified atom stereocenters. The smallest absolute Gasteiger partial charge is 0.189 e. The summed E-state index contributed by atoms with van der Waals surface area (Å²) in [6.07, 6.45) is 3.69. The van der Waals surface area contributed by atoms with Gasteiger partial charge in [0.15, 0.2) is 5.16 Å². The average Bonchev–Trinajstić information content (AvgIpc) is 2.47. The number of rotatable bonds is 0. The highest BCUT2D eigenvalue weighted by Crippen LogP contribution is 2.27. The Morgan fingerprint density at radius 3 is 2.92 bits per heavy atom. The van der Waals surface area contributed by atoms with E-state index in [0.717, 1.165) is 10.9 Å². The molecule has 0 aliphatic carbocycles. The SMILES string of the molecule is CC(C)(C)C1=Nn2ccnc2SC1. The summed E-state index contributed by atoms with van der Waals surface area (Å²) in [6, 6.07) is 0. The summed E-state index contributed by atoms with van der Waals surface area (Å²) < 4.78 is 1.86. The van der Waals surface area contributed by atoms with Gasteiger partial charge in [0.2, 0.25) is 0 Å². The van der Waals surface area contributed by atoms with E-state index in [1.54, 1.807) is 18.0 Å². The first-order valence-electron chi connectivity index (χ1n) is 4.32. The van der Waals surface area contributed by atoms with E-state index >= 15 is 0 Å². The number of nitrogens with zero attached hydrogens (tertiary/aromatic N) is 3. The Morgan fingerprint density at radius 1 is 1.46 bits per heavy atom. The second kappa shape index (κ2) is 2.87. The van der Waals surface area contributed by atoms with Crippen LogP contribution >= 0.6 is 11.8 Å². The molecule has 0 amide bonds. The van der Waals surface area contributed by atoms with Gasteiger partial charge in [0.1, 0.15) is 0 Å². The molecule has 1 aliphatic rings. The first kappa shape index (κ1) is 8.81. The molecule has 13 heavy (non-hydrogen) atoms. The molecule has 2 rings (SSSR count). The average molecular weight is 195 g/mol. The molecule has 0 aromatic carbocycles. The lowest BCUT2D eigenvalue weighted by molar-refractivity contribution is 0.573. The standard InChI is InChI=1S/C9H13N3S/c1-9(2,3)7-6-13-8-10-4-5-12(8)11-7/h4-5H,6H2,1-3H3. The zero-order valence-corrected chi connectivity index (χ0v) is 8.93. The van der Waals surface area contributed by atoms with Crippen LogP contribution in [0.2, 0.25) is 0 Å². The van der Waals surface area contributed by atoms with Crippen molar-refractivity contribution in [1.82, 2.24) is 9.66 Å². The summed E-state index contributed by atoms with van der Waals surface area (Å²) >= 11 is 1.75. The third-order valence-electron chi connectivity index (χ3n) is 2.02. The van der Waals surface area contributed by atoms with E-state index in [1.165, 1.54) is 5.71 Å². The molecular weight excluding hydrogens is 182 g/mol. The summed E-state index contributed by atoms with van der Waals surface area (Å²) in [5.41, 5.74) is 1.39. The Bertz CT molecular complexity index is 346. The van der Waals surface area contributed by atoms with Crippen LogP contribution in [-0.2, 0) is 0 Å². The van der Waals surface area contributed by atoms with Gasteiger partial charge < -0.3 is 0 Å². The van der Waals surface area contributed by atoms with Gasteiger partial charge in [-0.05, 0) is 0 Å². The lowest BCUT2D eigenvalue weighted by Gasteiger charge is -2.23. The minimum absolute atomic E-state index is 0.162. The van der Waals surface area contributed by atoms with Crippen LogP contribution in [0.3, 0.4) is 0 Å². The van der Waals surface area contributed by atoms with Crippen LogP contribution in [0.25, 0.3) is 0 Å². The van der Waals surface area contributed by atoms with E-state index in [2.05, 4.69) is 30.9 Å². The van der Waals surface area contributed by atoms with Gasteiger partial charge in [-0.15, -0.1) is 0 Å². The van der Waals surface area contributed by atoms with Crippen LogP contribution < -0.4 is 0 Å². The molecule has 0 N–H and O–H groups in total. The maximum atomic E-state index is 4.53. The summed E-state index contributed by atoms with van der Waals surface area (Å²) in [5.74, 6) is 0.959. The second-order valence-electron chi connectivity index (χ2n) is 4.14. The van der Waals surface area contributed by atoms with Crippen molar-refractivity contribution in [2.45, 2.75) is 25.9 Å². The summed E-state index contributed by atoms with van der Waals surface area (Å²) in [6.45, 7) is 6.57. The Hall–Kier alpha value is -0.770. The van der Waals surface area contributed by atoms with Crippen molar-refractivity contribution in [3.8, 4) is 0 Å². The first-order chi connectivity index (χ1) is 6.07. The van der Waals surface area contributed by atoms with E-state index in [1.807, 2.05) is 10.9 Å². The van der Waals surface area contributed by atoms with Gasteiger partial charge in [-0.3, -0.25) is 0 Å². The van der Waals surface area contributed by atoms with Crippen molar-refractivity contribution >= 4 is 17.5 Å². The lowest BCUT2D eigenvalue weighted by Crippen LogP contribution is -2.26. The molecule has 2 heterocycles. The minimum atomic E-state index is 0.162. The monoisotopic (exact) mass is 195 g/mol. The lowest BCUT2D eigenvalue weighted by atomic mass is 9.91. The van der Waals surface area contributed by atoms with E-state index in [4.69, 9.17) is 0 Å². The van der Waals surface area contributed by atoms with Crippen LogP contribution in [0, 0.1) is 5.41 Å². The number of aromatic nitrogens is 2. The molecule has 0 spiro atoms. The normalized spacial score (nSPS) is 16.7. The van der Waals surface area contributed by atoms with E-state index < -0.39 is 0 Å². The molecule has 70 valence electrons. The topological polar surface area (TPSA) is 30.2 Å². The number of thioether (sulfide) groups is 1. The van der Waals surface area contributed by atoms with E-state index in [-0.39, 0.29) is 5.41 Å². The molecule has 1 aliphatic heterocycles. The highest BCUT2D eigenvalue weighted by molar-refractivity contribution is 7.99. The summed E-state index contributed by atoms with van der Waals surface area (Å²) in [7, 11) is 0. The van der Waals surface area contributed by atoms with Crippen LogP contribution in [0.1, 0.15) is 20.8 Å². The number of fused-ring (bicyclic) bond motifs is 1. The minimum Gasteiger partial charge on any atom is -0.230 e. The fourth-order valence-corrected chi connectivity index (χ4v) is 2.25. The quantitative estimate of drug-likeness (QED) is 0.635. The molecule has 3 nitrogen and oxygen atoms in total. The molecule has 0 radical (unpaired) electrons. The molecule has 1 aromatic rings. The molecule has 0 atom stereocenters. The van der Waals surface area contributed by atoms with E-state index in [0.29, 0.717) is 0 Å². The summed E-state index contributed by atoms with van der Waals surface area (Å²) in [4.78, 5) is 4.19. The van der Waals surface area contributed by atoms with E-state index in [9.17, 15) is 0 Å². The van der Waals surface area contributed by atoms with Crippen LogP contribution in [0.4, 0.5) is 0 Å². The number of hydrogen-bond acceptors (Lipinski definition) is 3. The fraction of sp³-hybridized carbons (Fsp3) is 0.556. The van der Waals surface area contributed by atoms with Crippen molar-refractivity contribution in [3.63, 3.8) is 0 Å². The van der Waals surface area contributed by atoms with Crippen molar-refractivity contribution in [3.05, 3.63) is 12.4 Å². The Morgan fingerprint density at radius 2 is 2.23 bits per heavy atom. The van der Waals surface area contributed by atoms with Gasteiger partial charge in [0, 0.05) is 23.6 Å². The van der Waals surface area contributed by atoms with Gasteiger partial charge in [-0.1, -0.05) is 32.5 Å². The van der Waals surface area contributed by atoms with Crippen LogP contribution in [-0.4, -0.2) is 21.1 Å². The molecule has 0 saturated heterocycles. The largest absolute Gasteiger partial charge is 0.230 e. The highest BCUT2D eigenvalue weighted by Gasteiger charge is 2.23. The Kier molecular flexibility index (Phi) is 1.95. The highest BCUT2D eigenvalue weighted by atomic mass is 32.2. The van der Waals surface area contributed by atoms with Gasteiger partial charge in [-0.2, -0.15) is 5.10 Å². The van der Waals surface area contributed by atoms with Gasteiger partial charge in [-0.25, -0.2) is 9.66 Å². The van der Waals surface area contributed by atoms with Crippen molar-refractivity contribution in [2.24, 2.45) is 10.5 Å². The maximum absolute atomic E-state index is 4.53. The Balaban J connectivity index is 2.38. The summed E-state index contributed by atoms with van der Waals surface area (Å²) in [5, 5.41) is 5.52. The van der Waals surface area contributed by atoms with Crippen LogP contribution in [0.5, 0.6) is 0 Å². The fourth-order valence-electron chi connectivity index (χ4n) is 1.12. The molecule has 4 heteroatoms.